The Morgan fingerprint density at radius 3 is 2.30 bits per heavy atom. The number of primary amides is 1. The molecule has 0 aromatic rings. The maximum Gasteiger partial charge on any atom is 0.239 e. The first-order chi connectivity index (χ1) is 4.42. The van der Waals surface area contributed by atoms with Gasteiger partial charge in [0.1, 0.15) is 4.87 Å². The van der Waals surface area contributed by atoms with Gasteiger partial charge >= 0.3 is 0 Å². The highest BCUT2D eigenvalue weighted by Gasteiger charge is 2.34. The van der Waals surface area contributed by atoms with Crippen molar-refractivity contribution in [2.45, 2.75) is 24.0 Å². The Morgan fingerprint density at radius 2 is 2.20 bits per heavy atom. The lowest BCUT2D eigenvalue weighted by Gasteiger charge is -2.23. The molecule has 0 aromatic heterocycles. The molecule has 2 nitrogen and oxygen atoms in total. The number of alkyl halides is 1. The van der Waals surface area contributed by atoms with Gasteiger partial charge in [0.25, 0.3) is 0 Å². The van der Waals surface area contributed by atoms with Crippen LogP contribution in [0.5, 0.6) is 0 Å². The summed E-state index contributed by atoms with van der Waals surface area (Å²) in [5, 5.41) is 0.0478. The van der Waals surface area contributed by atoms with E-state index in [0.29, 0.717) is 0 Å². The fourth-order valence-electron chi connectivity index (χ4n) is 0.422. The van der Waals surface area contributed by atoms with Crippen molar-refractivity contribution >= 4 is 29.3 Å². The summed E-state index contributed by atoms with van der Waals surface area (Å²) in [6.07, 6.45) is 1.90. The number of rotatable bonds is 3. The van der Waals surface area contributed by atoms with Crippen molar-refractivity contribution in [3.8, 4) is 0 Å². The average Bonchev–Trinajstić information content (AvgIpc) is 1.86. The summed E-state index contributed by atoms with van der Waals surface area (Å²) < 4.78 is 0. The molecule has 0 aliphatic heterocycles. The number of thioether (sulfide) groups is 1. The molecule has 60 valence electrons. The summed E-state index contributed by atoms with van der Waals surface area (Å²) in [6.45, 7) is 3.51. The van der Waals surface area contributed by atoms with Gasteiger partial charge in [-0.2, -0.15) is 11.8 Å². The number of halogens is 1. The molecule has 0 aliphatic rings. The van der Waals surface area contributed by atoms with E-state index in [2.05, 4.69) is 0 Å². The van der Waals surface area contributed by atoms with Crippen molar-refractivity contribution in [2.24, 2.45) is 5.73 Å². The second-order valence-corrected chi connectivity index (χ2v) is 4.28. The minimum atomic E-state index is -0.917. The molecule has 0 rings (SSSR count). The molecule has 0 heterocycles. The molecule has 0 aromatic carbocycles. The Morgan fingerprint density at radius 1 is 1.80 bits per heavy atom. The standard InChI is InChI=1S/C6H12ClNOS/c1-4(10-3)6(2,7)5(8)9/h4H,1-3H3,(H2,8,9). The van der Waals surface area contributed by atoms with Crippen molar-refractivity contribution in [1.82, 2.24) is 0 Å². The number of nitrogens with two attached hydrogens (primary N) is 1. The third kappa shape index (κ3) is 2.06. The van der Waals surface area contributed by atoms with Gasteiger partial charge in [-0.1, -0.05) is 6.92 Å². The Labute approximate surface area is 70.5 Å². The smallest absolute Gasteiger partial charge is 0.239 e. The number of amides is 1. The third-order valence-electron chi connectivity index (χ3n) is 1.60. The summed E-state index contributed by atoms with van der Waals surface area (Å²) in [4.78, 5) is 9.78. The van der Waals surface area contributed by atoms with Gasteiger partial charge in [-0.3, -0.25) is 4.79 Å². The molecule has 2 atom stereocenters. The molecular weight excluding hydrogens is 170 g/mol. The van der Waals surface area contributed by atoms with Crippen molar-refractivity contribution in [2.75, 3.05) is 6.26 Å². The van der Waals surface area contributed by atoms with Gasteiger partial charge in [-0.05, 0) is 13.2 Å². The minimum Gasteiger partial charge on any atom is -0.368 e. The molecule has 0 bridgehead atoms. The van der Waals surface area contributed by atoms with E-state index >= 15 is 0 Å². The number of carbonyl (C=O) groups is 1. The molecule has 0 fully saturated rings. The van der Waals surface area contributed by atoms with E-state index in [4.69, 9.17) is 17.3 Å². The lowest BCUT2D eigenvalue weighted by molar-refractivity contribution is -0.120. The van der Waals surface area contributed by atoms with E-state index in [1.807, 2.05) is 13.2 Å². The second kappa shape index (κ2) is 3.49. The first kappa shape index (κ1) is 10.1. The second-order valence-electron chi connectivity index (χ2n) is 2.32. The third-order valence-corrected chi connectivity index (χ3v) is 3.42. The molecular formula is C6H12ClNOS. The van der Waals surface area contributed by atoms with Crippen LogP contribution in [0.1, 0.15) is 13.8 Å². The van der Waals surface area contributed by atoms with Crippen LogP contribution in [0.15, 0.2) is 0 Å². The molecule has 0 saturated carbocycles. The molecule has 0 spiro atoms. The summed E-state index contributed by atoms with van der Waals surface area (Å²) in [6, 6.07) is 0. The number of hydrogen-bond acceptors (Lipinski definition) is 2. The van der Waals surface area contributed by atoms with E-state index < -0.39 is 10.8 Å². The fourth-order valence-corrected chi connectivity index (χ4v) is 1.25. The normalized spacial score (nSPS) is 19.6. The van der Waals surface area contributed by atoms with Crippen LogP contribution in [0.2, 0.25) is 0 Å². The van der Waals surface area contributed by atoms with Crippen LogP contribution in [-0.4, -0.2) is 22.3 Å². The predicted octanol–water partition coefficient (Wildman–Crippen LogP) is 1.22. The van der Waals surface area contributed by atoms with Crippen LogP contribution in [0.4, 0.5) is 0 Å². The zero-order valence-electron chi connectivity index (χ0n) is 6.35. The Kier molecular flexibility index (Phi) is 3.52. The maximum atomic E-state index is 10.7. The van der Waals surface area contributed by atoms with Crippen LogP contribution < -0.4 is 5.73 Å². The number of carbonyl (C=O) groups excluding carboxylic acids is 1. The Balaban J connectivity index is 4.23. The van der Waals surface area contributed by atoms with Crippen molar-refractivity contribution in [3.63, 3.8) is 0 Å². The van der Waals surface area contributed by atoms with Gasteiger partial charge in [0.05, 0.1) is 0 Å². The summed E-state index contributed by atoms with van der Waals surface area (Å²) in [5.74, 6) is -0.462. The predicted molar refractivity (Wildman–Crippen MR) is 46.4 cm³/mol. The Bertz CT molecular complexity index is 138. The van der Waals surface area contributed by atoms with Crippen LogP contribution in [0.25, 0.3) is 0 Å². The van der Waals surface area contributed by atoms with Crippen molar-refractivity contribution in [1.29, 1.82) is 0 Å². The van der Waals surface area contributed by atoms with Gasteiger partial charge in [-0.15, -0.1) is 11.6 Å². The first-order valence-electron chi connectivity index (χ1n) is 2.94. The highest BCUT2D eigenvalue weighted by Crippen LogP contribution is 2.26. The van der Waals surface area contributed by atoms with Crippen molar-refractivity contribution in [3.05, 3.63) is 0 Å². The van der Waals surface area contributed by atoms with E-state index in [-0.39, 0.29) is 5.25 Å². The van der Waals surface area contributed by atoms with Crippen LogP contribution in [0, 0.1) is 0 Å². The van der Waals surface area contributed by atoms with E-state index in [1.54, 1.807) is 6.92 Å². The van der Waals surface area contributed by atoms with E-state index in [1.165, 1.54) is 11.8 Å². The molecule has 10 heavy (non-hydrogen) atoms. The lowest BCUT2D eigenvalue weighted by atomic mass is 10.1. The van der Waals surface area contributed by atoms with Gasteiger partial charge in [0, 0.05) is 5.25 Å². The highest BCUT2D eigenvalue weighted by molar-refractivity contribution is 7.99. The zero-order chi connectivity index (χ0) is 8.36. The topological polar surface area (TPSA) is 43.1 Å². The van der Waals surface area contributed by atoms with Gasteiger partial charge in [0.15, 0.2) is 0 Å². The van der Waals surface area contributed by atoms with Crippen LogP contribution in [-0.2, 0) is 4.79 Å². The van der Waals surface area contributed by atoms with Crippen molar-refractivity contribution < 1.29 is 4.79 Å². The SMILES string of the molecule is CSC(C)C(C)(Cl)C(N)=O. The lowest BCUT2D eigenvalue weighted by Crippen LogP contribution is -2.42. The van der Waals surface area contributed by atoms with Crippen LogP contribution >= 0.6 is 23.4 Å². The van der Waals surface area contributed by atoms with Crippen LogP contribution in [0.3, 0.4) is 0 Å². The Hall–Kier alpha value is 0.110. The molecule has 2 unspecified atom stereocenters. The molecule has 1 amide bonds. The fraction of sp³-hybridized carbons (Fsp3) is 0.833. The molecule has 2 N–H and O–H groups in total. The van der Waals surface area contributed by atoms with E-state index in [0.717, 1.165) is 0 Å². The first-order valence-corrected chi connectivity index (χ1v) is 4.61. The largest absolute Gasteiger partial charge is 0.368 e. The average molecular weight is 182 g/mol. The van der Waals surface area contributed by atoms with Gasteiger partial charge in [0.2, 0.25) is 5.91 Å². The zero-order valence-corrected chi connectivity index (χ0v) is 7.92. The maximum absolute atomic E-state index is 10.7. The molecule has 4 heteroatoms. The van der Waals surface area contributed by atoms with E-state index in [9.17, 15) is 4.79 Å². The monoisotopic (exact) mass is 181 g/mol. The summed E-state index contributed by atoms with van der Waals surface area (Å²) in [7, 11) is 0. The molecule has 0 aliphatic carbocycles. The summed E-state index contributed by atoms with van der Waals surface area (Å²) in [5.41, 5.74) is 5.06. The number of hydrogen-bond donors (Lipinski definition) is 1. The van der Waals surface area contributed by atoms with Gasteiger partial charge in [-0.25, -0.2) is 0 Å². The molecule has 0 saturated heterocycles. The van der Waals surface area contributed by atoms with Gasteiger partial charge < -0.3 is 5.73 Å². The minimum absolute atomic E-state index is 0.0478. The quantitative estimate of drug-likeness (QED) is 0.666. The molecule has 0 radical (unpaired) electrons. The highest BCUT2D eigenvalue weighted by atomic mass is 35.5. The summed E-state index contributed by atoms with van der Waals surface area (Å²) >= 11 is 7.35.